The highest BCUT2D eigenvalue weighted by atomic mass is 19.4. The molecule has 1 aliphatic rings. The fourth-order valence-electron chi connectivity index (χ4n) is 1.47. The van der Waals surface area contributed by atoms with Crippen LogP contribution in [0.5, 0.6) is 0 Å². The Morgan fingerprint density at radius 2 is 2.11 bits per heavy atom. The standard InChI is InChI=1S/C8H8F3N5O2/c9-8(10,11)3-16-5(13-4-14-16)2-15-6(17)1-12-7(15)18/h4H,1-3H2,(H,12,18). The minimum atomic E-state index is -4.44. The van der Waals surface area contributed by atoms with Crippen LogP contribution in [0.4, 0.5) is 18.0 Å². The van der Waals surface area contributed by atoms with Gasteiger partial charge in [-0.2, -0.15) is 18.3 Å². The van der Waals surface area contributed by atoms with Crippen LogP contribution in [0.1, 0.15) is 5.82 Å². The summed E-state index contributed by atoms with van der Waals surface area (Å²) in [6.07, 6.45) is -3.50. The summed E-state index contributed by atoms with van der Waals surface area (Å²) in [5.74, 6) is -0.612. The van der Waals surface area contributed by atoms with Crippen LogP contribution < -0.4 is 5.32 Å². The van der Waals surface area contributed by atoms with Gasteiger partial charge in [0.05, 0.1) is 13.1 Å². The molecule has 10 heteroatoms. The number of urea groups is 1. The van der Waals surface area contributed by atoms with E-state index in [9.17, 15) is 22.8 Å². The van der Waals surface area contributed by atoms with Gasteiger partial charge in [-0.1, -0.05) is 0 Å². The van der Waals surface area contributed by atoms with Gasteiger partial charge in [0, 0.05) is 0 Å². The fourth-order valence-corrected chi connectivity index (χ4v) is 1.47. The summed E-state index contributed by atoms with van der Waals surface area (Å²) in [5.41, 5.74) is 0. The number of nitrogens with one attached hydrogen (secondary N) is 1. The van der Waals surface area contributed by atoms with Crippen molar-refractivity contribution in [1.82, 2.24) is 25.0 Å². The number of imide groups is 1. The molecular formula is C8H8F3N5O2. The van der Waals surface area contributed by atoms with Crippen LogP contribution in [0, 0.1) is 0 Å². The third-order valence-corrected chi connectivity index (χ3v) is 2.26. The summed E-state index contributed by atoms with van der Waals surface area (Å²) in [7, 11) is 0. The second kappa shape index (κ2) is 4.27. The van der Waals surface area contributed by atoms with Crippen molar-refractivity contribution in [3.05, 3.63) is 12.2 Å². The Hall–Kier alpha value is -2.13. The maximum absolute atomic E-state index is 12.2. The predicted molar refractivity (Wildman–Crippen MR) is 50.0 cm³/mol. The zero-order valence-electron chi connectivity index (χ0n) is 8.94. The Morgan fingerprint density at radius 1 is 1.39 bits per heavy atom. The molecule has 1 aromatic rings. The van der Waals surface area contributed by atoms with Crippen molar-refractivity contribution in [2.24, 2.45) is 0 Å². The highest BCUT2D eigenvalue weighted by Gasteiger charge is 2.33. The molecule has 0 bridgehead atoms. The van der Waals surface area contributed by atoms with E-state index in [0.717, 1.165) is 11.2 Å². The Bertz CT molecular complexity index is 467. The molecule has 1 aromatic heterocycles. The summed E-state index contributed by atoms with van der Waals surface area (Å²) >= 11 is 0. The van der Waals surface area contributed by atoms with Gasteiger partial charge < -0.3 is 5.32 Å². The summed E-state index contributed by atoms with van der Waals surface area (Å²) in [6.45, 7) is -1.81. The number of rotatable bonds is 3. The van der Waals surface area contributed by atoms with Gasteiger partial charge in [-0.05, 0) is 0 Å². The number of carbonyl (C=O) groups excluding carboxylic acids is 2. The summed E-state index contributed by atoms with van der Waals surface area (Å²) in [6, 6.07) is -0.651. The Morgan fingerprint density at radius 3 is 2.67 bits per heavy atom. The number of amides is 3. The molecule has 0 radical (unpaired) electrons. The van der Waals surface area contributed by atoms with E-state index >= 15 is 0 Å². The average Bonchev–Trinajstić information content (AvgIpc) is 2.78. The molecule has 18 heavy (non-hydrogen) atoms. The number of nitrogens with zero attached hydrogens (tertiary/aromatic N) is 4. The molecular weight excluding hydrogens is 255 g/mol. The van der Waals surface area contributed by atoms with Crippen LogP contribution in [-0.2, 0) is 17.9 Å². The molecule has 0 saturated carbocycles. The predicted octanol–water partition coefficient (Wildman–Crippen LogP) is -0.108. The lowest BCUT2D eigenvalue weighted by atomic mass is 10.4. The van der Waals surface area contributed by atoms with Gasteiger partial charge in [0.1, 0.15) is 18.7 Å². The Labute approximate surface area is 98.6 Å². The van der Waals surface area contributed by atoms with Crippen LogP contribution >= 0.6 is 0 Å². The third-order valence-electron chi connectivity index (χ3n) is 2.26. The van der Waals surface area contributed by atoms with E-state index in [-0.39, 0.29) is 18.9 Å². The first-order chi connectivity index (χ1) is 8.37. The molecule has 2 heterocycles. The normalized spacial score (nSPS) is 16.3. The molecule has 1 saturated heterocycles. The maximum atomic E-state index is 12.2. The zero-order chi connectivity index (χ0) is 13.3. The summed E-state index contributed by atoms with van der Waals surface area (Å²) in [4.78, 5) is 26.9. The van der Waals surface area contributed by atoms with Gasteiger partial charge in [0.2, 0.25) is 5.91 Å². The zero-order valence-corrected chi connectivity index (χ0v) is 8.94. The molecule has 2 rings (SSSR count). The van der Waals surface area contributed by atoms with Crippen LogP contribution in [0.3, 0.4) is 0 Å². The molecule has 0 unspecified atom stereocenters. The van der Waals surface area contributed by atoms with Gasteiger partial charge in [0.25, 0.3) is 0 Å². The van der Waals surface area contributed by atoms with Crippen molar-refractivity contribution < 1.29 is 22.8 Å². The lowest BCUT2D eigenvalue weighted by Crippen LogP contribution is -2.32. The number of hydrogen-bond donors (Lipinski definition) is 1. The van der Waals surface area contributed by atoms with E-state index in [2.05, 4.69) is 15.4 Å². The quantitative estimate of drug-likeness (QED) is 0.772. The minimum absolute atomic E-state index is 0.0993. The second-order valence-corrected chi connectivity index (χ2v) is 3.59. The topological polar surface area (TPSA) is 80.1 Å². The van der Waals surface area contributed by atoms with Crippen LogP contribution in [0.15, 0.2) is 6.33 Å². The van der Waals surface area contributed by atoms with Gasteiger partial charge >= 0.3 is 12.2 Å². The van der Waals surface area contributed by atoms with Crippen LogP contribution in [-0.4, -0.2) is 44.3 Å². The molecule has 7 nitrogen and oxygen atoms in total. The lowest BCUT2D eigenvalue weighted by molar-refractivity contribution is -0.143. The first-order valence-corrected chi connectivity index (χ1v) is 4.88. The van der Waals surface area contributed by atoms with E-state index in [1.807, 2.05) is 0 Å². The van der Waals surface area contributed by atoms with E-state index in [0.29, 0.717) is 4.68 Å². The highest BCUT2D eigenvalue weighted by Crippen LogP contribution is 2.18. The number of halogens is 3. The minimum Gasteiger partial charge on any atom is -0.329 e. The third kappa shape index (κ3) is 2.57. The molecule has 0 atom stereocenters. The summed E-state index contributed by atoms with van der Waals surface area (Å²) < 4.78 is 37.3. The first kappa shape index (κ1) is 12.3. The van der Waals surface area contributed by atoms with Gasteiger partial charge in [-0.15, -0.1) is 0 Å². The van der Waals surface area contributed by atoms with E-state index in [1.165, 1.54) is 0 Å². The van der Waals surface area contributed by atoms with E-state index in [1.54, 1.807) is 0 Å². The molecule has 1 fully saturated rings. The van der Waals surface area contributed by atoms with Crippen molar-refractivity contribution >= 4 is 11.9 Å². The molecule has 0 spiro atoms. The number of hydrogen-bond acceptors (Lipinski definition) is 4. The first-order valence-electron chi connectivity index (χ1n) is 4.88. The Kier molecular flexibility index (Phi) is 2.93. The molecule has 98 valence electrons. The van der Waals surface area contributed by atoms with Crippen LogP contribution in [0.25, 0.3) is 0 Å². The van der Waals surface area contributed by atoms with E-state index < -0.39 is 24.7 Å². The smallest absolute Gasteiger partial charge is 0.329 e. The molecule has 0 aromatic carbocycles. The van der Waals surface area contributed by atoms with Gasteiger partial charge in [0.15, 0.2) is 0 Å². The molecule has 0 aliphatic carbocycles. The highest BCUT2D eigenvalue weighted by molar-refractivity contribution is 6.01. The largest absolute Gasteiger partial charge is 0.408 e. The number of aromatic nitrogens is 3. The van der Waals surface area contributed by atoms with Crippen molar-refractivity contribution in [2.75, 3.05) is 6.54 Å². The molecule has 3 amide bonds. The van der Waals surface area contributed by atoms with Crippen molar-refractivity contribution in [2.45, 2.75) is 19.3 Å². The van der Waals surface area contributed by atoms with E-state index in [4.69, 9.17) is 0 Å². The molecule has 1 aliphatic heterocycles. The van der Waals surface area contributed by atoms with Crippen molar-refractivity contribution in [3.63, 3.8) is 0 Å². The maximum Gasteiger partial charge on any atom is 0.408 e. The second-order valence-electron chi connectivity index (χ2n) is 3.59. The average molecular weight is 263 g/mol. The molecule has 1 N–H and O–H groups in total. The van der Waals surface area contributed by atoms with Gasteiger partial charge in [-0.25, -0.2) is 14.5 Å². The fraction of sp³-hybridized carbons (Fsp3) is 0.500. The SMILES string of the molecule is O=C1CNC(=O)N1Cc1ncnn1CC(F)(F)F. The van der Waals surface area contributed by atoms with Gasteiger partial charge in [-0.3, -0.25) is 9.69 Å². The summed E-state index contributed by atoms with van der Waals surface area (Å²) in [5, 5.41) is 5.67. The lowest BCUT2D eigenvalue weighted by Gasteiger charge is -2.13. The number of alkyl halides is 3. The van der Waals surface area contributed by atoms with Crippen molar-refractivity contribution in [3.8, 4) is 0 Å². The van der Waals surface area contributed by atoms with Crippen molar-refractivity contribution in [1.29, 1.82) is 0 Å². The van der Waals surface area contributed by atoms with Crippen LogP contribution in [0.2, 0.25) is 0 Å². The Balaban J connectivity index is 2.13. The monoisotopic (exact) mass is 263 g/mol. The number of carbonyl (C=O) groups is 2.